The van der Waals surface area contributed by atoms with Gasteiger partial charge in [0.15, 0.2) is 4.34 Å². The van der Waals surface area contributed by atoms with Crippen LogP contribution in [0.1, 0.15) is 24.2 Å². The Hall–Kier alpha value is -1.04. The Balaban J connectivity index is 1.87. The van der Waals surface area contributed by atoms with Gasteiger partial charge in [-0.25, -0.2) is 4.98 Å². The number of carbonyl (C=O) groups excluding carboxylic acids is 1. The molecule has 0 aliphatic rings. The van der Waals surface area contributed by atoms with Gasteiger partial charge < -0.3 is 5.32 Å². The second-order valence-electron chi connectivity index (χ2n) is 4.35. The zero-order valence-electron chi connectivity index (χ0n) is 11.2. The second-order valence-corrected chi connectivity index (χ2v) is 6.84. The van der Waals surface area contributed by atoms with E-state index in [0.717, 1.165) is 15.6 Å². The number of hydrogen-bond acceptors (Lipinski definition) is 4. The normalized spacial score (nSPS) is 12.2. The smallest absolute Gasteiger partial charge is 0.230 e. The molecule has 1 aromatic heterocycles. The zero-order chi connectivity index (χ0) is 14.5. The van der Waals surface area contributed by atoms with Crippen molar-refractivity contribution in [3.8, 4) is 0 Å². The number of nitrogens with one attached hydrogen (secondary N) is 1. The van der Waals surface area contributed by atoms with Crippen LogP contribution in [-0.2, 0) is 4.79 Å². The molecular formula is C14H15ClN2OS2. The third-order valence-corrected chi connectivity index (χ3v) is 5.16. The van der Waals surface area contributed by atoms with Gasteiger partial charge in [-0.15, -0.1) is 11.3 Å². The molecule has 2 rings (SSSR count). The molecule has 0 saturated heterocycles. The fourth-order valence-corrected chi connectivity index (χ4v) is 3.67. The van der Waals surface area contributed by atoms with Crippen LogP contribution in [0.2, 0.25) is 5.02 Å². The van der Waals surface area contributed by atoms with Crippen molar-refractivity contribution in [2.24, 2.45) is 0 Å². The molecule has 1 aromatic carbocycles. The average Bonchev–Trinajstić information content (AvgIpc) is 2.82. The van der Waals surface area contributed by atoms with E-state index in [4.69, 9.17) is 11.6 Å². The molecule has 1 atom stereocenters. The molecule has 6 heteroatoms. The lowest BCUT2D eigenvalue weighted by molar-refractivity contribution is -0.119. The first-order chi connectivity index (χ1) is 9.56. The molecule has 2 aromatic rings. The van der Waals surface area contributed by atoms with Crippen molar-refractivity contribution in [1.29, 1.82) is 0 Å². The highest BCUT2D eigenvalue weighted by atomic mass is 35.5. The van der Waals surface area contributed by atoms with E-state index in [1.807, 2.05) is 43.5 Å². The third-order valence-electron chi connectivity index (χ3n) is 2.67. The van der Waals surface area contributed by atoms with Gasteiger partial charge in [-0.1, -0.05) is 41.6 Å². The van der Waals surface area contributed by atoms with Crippen molar-refractivity contribution in [2.45, 2.75) is 24.2 Å². The van der Waals surface area contributed by atoms with Gasteiger partial charge in [0.1, 0.15) is 0 Å². The number of aromatic nitrogens is 1. The number of thioether (sulfide) groups is 1. The summed E-state index contributed by atoms with van der Waals surface area (Å²) in [4.78, 5) is 16.2. The maximum atomic E-state index is 11.9. The van der Waals surface area contributed by atoms with E-state index in [-0.39, 0.29) is 11.9 Å². The van der Waals surface area contributed by atoms with Crippen molar-refractivity contribution in [3.63, 3.8) is 0 Å². The van der Waals surface area contributed by atoms with Gasteiger partial charge in [-0.2, -0.15) is 0 Å². The summed E-state index contributed by atoms with van der Waals surface area (Å²) in [5.41, 5.74) is 1.92. The van der Waals surface area contributed by atoms with Crippen molar-refractivity contribution in [2.75, 3.05) is 5.75 Å². The van der Waals surface area contributed by atoms with Crippen LogP contribution in [0.3, 0.4) is 0 Å². The molecule has 1 heterocycles. The fourth-order valence-electron chi connectivity index (χ4n) is 1.71. The minimum absolute atomic E-state index is 0.0183. The van der Waals surface area contributed by atoms with Crippen LogP contribution in [-0.4, -0.2) is 16.6 Å². The summed E-state index contributed by atoms with van der Waals surface area (Å²) in [7, 11) is 0. The molecule has 1 amide bonds. The van der Waals surface area contributed by atoms with E-state index >= 15 is 0 Å². The summed E-state index contributed by atoms with van der Waals surface area (Å²) < 4.78 is 0.919. The number of benzene rings is 1. The van der Waals surface area contributed by atoms with Crippen molar-refractivity contribution in [3.05, 3.63) is 45.9 Å². The summed E-state index contributed by atoms with van der Waals surface area (Å²) in [5.74, 6) is 0.345. The highest BCUT2D eigenvalue weighted by molar-refractivity contribution is 8.01. The Morgan fingerprint density at radius 3 is 2.90 bits per heavy atom. The minimum Gasteiger partial charge on any atom is -0.349 e. The van der Waals surface area contributed by atoms with Gasteiger partial charge in [0, 0.05) is 16.1 Å². The first-order valence-corrected chi connectivity index (χ1v) is 8.39. The molecule has 0 fully saturated rings. The summed E-state index contributed by atoms with van der Waals surface area (Å²) >= 11 is 9.13. The topological polar surface area (TPSA) is 42.0 Å². The summed E-state index contributed by atoms with van der Waals surface area (Å²) in [6.45, 7) is 3.87. The number of aryl methyl sites for hydroxylation is 1. The van der Waals surface area contributed by atoms with Gasteiger partial charge in [-0.3, -0.25) is 4.79 Å². The highest BCUT2D eigenvalue weighted by Gasteiger charge is 2.12. The summed E-state index contributed by atoms with van der Waals surface area (Å²) in [5, 5.41) is 5.60. The number of rotatable bonds is 5. The number of carbonyl (C=O) groups is 1. The molecule has 3 nitrogen and oxygen atoms in total. The first kappa shape index (κ1) is 15.4. The summed E-state index contributed by atoms with van der Waals surface area (Å²) in [6, 6.07) is 7.43. The van der Waals surface area contributed by atoms with Crippen molar-refractivity contribution >= 4 is 40.6 Å². The number of hydrogen-bond donors (Lipinski definition) is 1. The molecule has 1 N–H and O–H groups in total. The largest absolute Gasteiger partial charge is 0.349 e. The average molecular weight is 327 g/mol. The van der Waals surface area contributed by atoms with Crippen LogP contribution in [0.5, 0.6) is 0 Å². The Labute approximate surface area is 131 Å². The maximum absolute atomic E-state index is 11.9. The van der Waals surface area contributed by atoms with Crippen LogP contribution in [0.15, 0.2) is 34.0 Å². The van der Waals surface area contributed by atoms with Gasteiger partial charge in [0.05, 0.1) is 11.8 Å². The lowest BCUT2D eigenvalue weighted by Gasteiger charge is -2.15. The highest BCUT2D eigenvalue weighted by Crippen LogP contribution is 2.24. The molecule has 0 spiro atoms. The SMILES string of the molecule is Cc1csc(SCC(=O)N[C@H](C)c2ccccc2Cl)n1. The summed E-state index contributed by atoms with van der Waals surface area (Å²) in [6.07, 6.45) is 0. The molecule has 0 radical (unpaired) electrons. The molecule has 0 saturated carbocycles. The number of thiazole rings is 1. The Kier molecular flexibility index (Phi) is 5.46. The zero-order valence-corrected chi connectivity index (χ0v) is 13.6. The predicted molar refractivity (Wildman–Crippen MR) is 85.6 cm³/mol. The van der Waals surface area contributed by atoms with E-state index in [2.05, 4.69) is 10.3 Å². The van der Waals surface area contributed by atoms with Gasteiger partial charge in [-0.05, 0) is 25.5 Å². The maximum Gasteiger partial charge on any atom is 0.230 e. The fraction of sp³-hybridized carbons (Fsp3) is 0.286. The van der Waals surface area contributed by atoms with E-state index in [1.165, 1.54) is 11.8 Å². The van der Waals surface area contributed by atoms with Crippen molar-refractivity contribution in [1.82, 2.24) is 10.3 Å². The third kappa shape index (κ3) is 4.23. The lowest BCUT2D eigenvalue weighted by atomic mass is 10.1. The van der Waals surface area contributed by atoms with Crippen LogP contribution >= 0.6 is 34.7 Å². The molecule has 0 aliphatic heterocycles. The molecule has 0 aliphatic carbocycles. The monoisotopic (exact) mass is 326 g/mol. The lowest BCUT2D eigenvalue weighted by Crippen LogP contribution is -2.28. The van der Waals surface area contributed by atoms with E-state index in [0.29, 0.717) is 10.8 Å². The van der Waals surface area contributed by atoms with E-state index in [1.54, 1.807) is 11.3 Å². The standard InChI is InChI=1S/C14H15ClN2OS2/c1-9-7-19-14(16-9)20-8-13(18)17-10(2)11-5-3-4-6-12(11)15/h3-7,10H,8H2,1-2H3,(H,17,18)/t10-/m1/s1. The number of halogens is 1. The molecule has 20 heavy (non-hydrogen) atoms. The molecule has 106 valence electrons. The molecular weight excluding hydrogens is 312 g/mol. The second kappa shape index (κ2) is 7.11. The first-order valence-electron chi connectivity index (χ1n) is 6.15. The minimum atomic E-state index is -0.102. The van der Waals surface area contributed by atoms with Gasteiger partial charge >= 0.3 is 0 Å². The molecule has 0 unspecified atom stereocenters. The Bertz CT molecular complexity index is 600. The Morgan fingerprint density at radius 2 is 2.25 bits per heavy atom. The van der Waals surface area contributed by atoms with Crippen LogP contribution in [0.4, 0.5) is 0 Å². The quantitative estimate of drug-likeness (QED) is 0.842. The van der Waals surface area contributed by atoms with E-state index in [9.17, 15) is 4.79 Å². The van der Waals surface area contributed by atoms with Crippen LogP contribution in [0, 0.1) is 6.92 Å². The van der Waals surface area contributed by atoms with E-state index < -0.39 is 0 Å². The molecule has 0 bridgehead atoms. The predicted octanol–water partition coefficient (Wildman–Crippen LogP) is 4.07. The number of amides is 1. The Morgan fingerprint density at radius 1 is 1.50 bits per heavy atom. The van der Waals surface area contributed by atoms with Crippen LogP contribution < -0.4 is 5.32 Å². The van der Waals surface area contributed by atoms with Crippen molar-refractivity contribution < 1.29 is 4.79 Å². The van der Waals surface area contributed by atoms with Gasteiger partial charge in [0.25, 0.3) is 0 Å². The van der Waals surface area contributed by atoms with Crippen LogP contribution in [0.25, 0.3) is 0 Å². The number of nitrogens with zero attached hydrogens (tertiary/aromatic N) is 1. The van der Waals surface area contributed by atoms with Gasteiger partial charge in [0.2, 0.25) is 5.91 Å².